The molecule has 0 atom stereocenters. The molecule has 1 aromatic heterocycles. The lowest BCUT2D eigenvalue weighted by Gasteiger charge is -2.06. The summed E-state index contributed by atoms with van der Waals surface area (Å²) in [6.45, 7) is 0.540. The van der Waals surface area contributed by atoms with Crippen LogP contribution in [0.4, 0.5) is 0 Å². The Hall–Kier alpha value is -2.62. The minimum Gasteiger partial charge on any atom is -0.274 e. The van der Waals surface area contributed by atoms with E-state index in [0.29, 0.717) is 13.0 Å². The summed E-state index contributed by atoms with van der Waals surface area (Å²) < 4.78 is 1.68. The molecule has 0 unspecified atom stereocenters. The Bertz CT molecular complexity index is 729. The molecule has 1 heterocycles. The number of nitrogens with one attached hydrogen (secondary N) is 1. The Kier molecular flexibility index (Phi) is 3.46. The van der Waals surface area contributed by atoms with Gasteiger partial charge >= 0.3 is 5.69 Å². The van der Waals surface area contributed by atoms with Crippen molar-refractivity contribution >= 4 is 0 Å². The SMILES string of the molecule is O=c1[nH]nc(Cc2ccccc2)n1Cc1ccccc1. The topological polar surface area (TPSA) is 50.7 Å². The number of hydrogen-bond acceptors (Lipinski definition) is 2. The monoisotopic (exact) mass is 265 g/mol. The number of hydrogen-bond donors (Lipinski definition) is 1. The fourth-order valence-corrected chi connectivity index (χ4v) is 2.19. The molecule has 0 amide bonds. The molecule has 3 rings (SSSR count). The van der Waals surface area contributed by atoms with Crippen molar-refractivity contribution in [2.24, 2.45) is 0 Å². The molecular weight excluding hydrogens is 250 g/mol. The van der Waals surface area contributed by atoms with Gasteiger partial charge in [0.1, 0.15) is 5.82 Å². The first-order valence-electron chi connectivity index (χ1n) is 6.55. The minimum absolute atomic E-state index is 0.167. The van der Waals surface area contributed by atoms with E-state index in [-0.39, 0.29) is 5.69 Å². The first-order valence-corrected chi connectivity index (χ1v) is 6.55. The van der Waals surface area contributed by atoms with Crippen LogP contribution in [0.2, 0.25) is 0 Å². The molecule has 4 nitrogen and oxygen atoms in total. The van der Waals surface area contributed by atoms with Gasteiger partial charge in [0.05, 0.1) is 6.54 Å². The number of H-pyrrole nitrogens is 1. The number of rotatable bonds is 4. The Labute approximate surface area is 116 Å². The Morgan fingerprint density at radius 3 is 2.15 bits per heavy atom. The average Bonchev–Trinajstić information content (AvgIpc) is 2.83. The Morgan fingerprint density at radius 1 is 0.900 bits per heavy atom. The summed E-state index contributed by atoms with van der Waals surface area (Å²) >= 11 is 0. The van der Waals surface area contributed by atoms with Gasteiger partial charge in [0.2, 0.25) is 0 Å². The van der Waals surface area contributed by atoms with Crippen molar-refractivity contribution in [2.75, 3.05) is 0 Å². The molecule has 0 aliphatic heterocycles. The predicted molar refractivity (Wildman–Crippen MR) is 77.6 cm³/mol. The van der Waals surface area contributed by atoms with Crippen molar-refractivity contribution in [3.8, 4) is 0 Å². The summed E-state index contributed by atoms with van der Waals surface area (Å²) in [7, 11) is 0. The van der Waals surface area contributed by atoms with Gasteiger partial charge in [-0.05, 0) is 11.1 Å². The maximum atomic E-state index is 11.9. The van der Waals surface area contributed by atoms with Gasteiger partial charge in [-0.1, -0.05) is 60.7 Å². The van der Waals surface area contributed by atoms with Crippen molar-refractivity contribution in [3.05, 3.63) is 88.1 Å². The summed E-state index contributed by atoms with van der Waals surface area (Å²) in [6.07, 6.45) is 0.645. The predicted octanol–water partition coefficient (Wildman–Crippen LogP) is 2.21. The minimum atomic E-state index is -0.167. The van der Waals surface area contributed by atoms with E-state index in [4.69, 9.17) is 0 Å². The maximum Gasteiger partial charge on any atom is 0.343 e. The molecule has 2 aromatic carbocycles. The average molecular weight is 265 g/mol. The first kappa shape index (κ1) is 12.4. The van der Waals surface area contributed by atoms with Crippen molar-refractivity contribution < 1.29 is 0 Å². The molecule has 0 bridgehead atoms. The second-order valence-electron chi connectivity index (χ2n) is 4.68. The van der Waals surface area contributed by atoms with Crippen LogP contribution in [0, 0.1) is 0 Å². The van der Waals surface area contributed by atoms with E-state index >= 15 is 0 Å². The van der Waals surface area contributed by atoms with Crippen LogP contribution < -0.4 is 5.69 Å². The van der Waals surface area contributed by atoms with Gasteiger partial charge < -0.3 is 0 Å². The standard InChI is InChI=1S/C16H15N3O/c20-16-18-17-15(11-13-7-3-1-4-8-13)19(16)12-14-9-5-2-6-10-14/h1-10H,11-12H2,(H,18,20). The van der Waals surface area contributed by atoms with E-state index in [0.717, 1.165) is 17.0 Å². The number of nitrogens with zero attached hydrogens (tertiary/aromatic N) is 2. The van der Waals surface area contributed by atoms with E-state index in [1.165, 1.54) is 0 Å². The third kappa shape index (κ3) is 2.69. The molecule has 1 N–H and O–H groups in total. The highest BCUT2D eigenvalue weighted by Gasteiger charge is 2.09. The van der Waals surface area contributed by atoms with Gasteiger partial charge in [0.25, 0.3) is 0 Å². The molecule has 0 spiro atoms. The van der Waals surface area contributed by atoms with Crippen LogP contribution in [0.15, 0.2) is 65.5 Å². The van der Waals surface area contributed by atoms with Crippen LogP contribution in [0.1, 0.15) is 17.0 Å². The summed E-state index contributed by atoms with van der Waals surface area (Å²) in [6, 6.07) is 19.9. The van der Waals surface area contributed by atoms with Crippen LogP contribution in [-0.4, -0.2) is 14.8 Å². The molecule has 0 saturated carbocycles. The van der Waals surface area contributed by atoms with E-state index in [1.54, 1.807) is 4.57 Å². The number of aromatic amines is 1. The Balaban J connectivity index is 1.88. The molecule has 0 aliphatic rings. The van der Waals surface area contributed by atoms with E-state index in [1.807, 2.05) is 60.7 Å². The van der Waals surface area contributed by atoms with Gasteiger partial charge in [-0.3, -0.25) is 4.57 Å². The molecule has 0 fully saturated rings. The van der Waals surface area contributed by atoms with Crippen LogP contribution in [0.25, 0.3) is 0 Å². The molecule has 4 heteroatoms. The van der Waals surface area contributed by atoms with Crippen molar-refractivity contribution in [3.63, 3.8) is 0 Å². The summed E-state index contributed by atoms with van der Waals surface area (Å²) in [5.74, 6) is 0.755. The second-order valence-corrected chi connectivity index (χ2v) is 4.68. The van der Waals surface area contributed by atoms with Gasteiger partial charge in [0.15, 0.2) is 0 Å². The molecular formula is C16H15N3O. The molecule has 0 aliphatic carbocycles. The molecule has 3 aromatic rings. The van der Waals surface area contributed by atoms with Crippen LogP contribution in [0.3, 0.4) is 0 Å². The highest BCUT2D eigenvalue weighted by atomic mass is 16.1. The van der Waals surface area contributed by atoms with E-state index < -0.39 is 0 Å². The lowest BCUT2D eigenvalue weighted by molar-refractivity contribution is 0.717. The number of aromatic nitrogens is 3. The van der Waals surface area contributed by atoms with Gasteiger partial charge in [-0.15, -0.1) is 0 Å². The van der Waals surface area contributed by atoms with Crippen molar-refractivity contribution in [1.29, 1.82) is 0 Å². The van der Waals surface area contributed by atoms with Crippen LogP contribution >= 0.6 is 0 Å². The lowest BCUT2D eigenvalue weighted by Crippen LogP contribution is -2.19. The summed E-state index contributed by atoms with van der Waals surface area (Å²) in [4.78, 5) is 11.9. The highest BCUT2D eigenvalue weighted by Crippen LogP contribution is 2.07. The van der Waals surface area contributed by atoms with Crippen LogP contribution in [-0.2, 0) is 13.0 Å². The second kappa shape index (κ2) is 5.57. The highest BCUT2D eigenvalue weighted by molar-refractivity contribution is 5.20. The molecule has 0 radical (unpaired) electrons. The fraction of sp³-hybridized carbons (Fsp3) is 0.125. The molecule has 0 saturated heterocycles. The van der Waals surface area contributed by atoms with Gasteiger partial charge in [-0.25, -0.2) is 9.89 Å². The summed E-state index contributed by atoms with van der Waals surface area (Å²) in [5, 5.41) is 6.67. The molecule has 20 heavy (non-hydrogen) atoms. The third-order valence-electron chi connectivity index (χ3n) is 3.23. The third-order valence-corrected chi connectivity index (χ3v) is 3.23. The van der Waals surface area contributed by atoms with Gasteiger partial charge in [0, 0.05) is 6.42 Å². The van der Waals surface area contributed by atoms with E-state index in [9.17, 15) is 4.79 Å². The number of benzene rings is 2. The normalized spacial score (nSPS) is 10.6. The van der Waals surface area contributed by atoms with E-state index in [2.05, 4.69) is 10.2 Å². The van der Waals surface area contributed by atoms with Gasteiger partial charge in [-0.2, -0.15) is 5.10 Å². The quantitative estimate of drug-likeness (QED) is 0.786. The van der Waals surface area contributed by atoms with Crippen molar-refractivity contribution in [1.82, 2.24) is 14.8 Å². The zero-order valence-corrected chi connectivity index (χ0v) is 11.0. The maximum absolute atomic E-state index is 11.9. The zero-order valence-electron chi connectivity index (χ0n) is 11.0. The smallest absolute Gasteiger partial charge is 0.274 e. The Morgan fingerprint density at radius 2 is 1.50 bits per heavy atom. The largest absolute Gasteiger partial charge is 0.343 e. The summed E-state index contributed by atoms with van der Waals surface area (Å²) in [5.41, 5.74) is 2.06. The van der Waals surface area contributed by atoms with Crippen molar-refractivity contribution in [2.45, 2.75) is 13.0 Å². The molecule has 100 valence electrons. The first-order chi connectivity index (χ1) is 9.83. The fourth-order valence-electron chi connectivity index (χ4n) is 2.19. The van der Waals surface area contributed by atoms with Crippen LogP contribution in [0.5, 0.6) is 0 Å². The lowest BCUT2D eigenvalue weighted by atomic mass is 10.1. The zero-order chi connectivity index (χ0) is 13.8.